The molecule has 1 aromatic carbocycles. The van der Waals surface area contributed by atoms with Gasteiger partial charge in [-0.25, -0.2) is 0 Å². The molecule has 1 fully saturated rings. The average molecular weight is 296 g/mol. The van der Waals surface area contributed by atoms with E-state index in [9.17, 15) is 18.3 Å². The fourth-order valence-electron chi connectivity index (χ4n) is 2.11. The van der Waals surface area contributed by atoms with Crippen LogP contribution in [0.1, 0.15) is 5.56 Å². The molecule has 0 radical (unpaired) electrons. The van der Waals surface area contributed by atoms with E-state index >= 15 is 0 Å². The number of nitrogens with zero attached hydrogens (tertiary/aromatic N) is 1. The van der Waals surface area contributed by atoms with Crippen LogP contribution in [0.25, 0.3) is 0 Å². The molecule has 0 spiro atoms. The van der Waals surface area contributed by atoms with Crippen molar-refractivity contribution in [3.63, 3.8) is 0 Å². The first-order chi connectivity index (χ1) is 8.71. The zero-order valence-corrected chi connectivity index (χ0v) is 10.6. The largest absolute Gasteiger partial charge is 0.415 e. The van der Waals surface area contributed by atoms with Crippen LogP contribution >= 0.6 is 11.6 Å². The molecule has 2 rings (SSSR count). The van der Waals surface area contributed by atoms with Gasteiger partial charge in [0.15, 0.2) is 6.10 Å². The summed E-state index contributed by atoms with van der Waals surface area (Å²) < 4.78 is 36.5. The molecule has 1 aromatic rings. The molecule has 0 aromatic heterocycles. The number of benzene rings is 1. The Labute approximate surface area is 113 Å². The van der Waals surface area contributed by atoms with E-state index in [2.05, 4.69) is 0 Å². The van der Waals surface area contributed by atoms with Crippen molar-refractivity contribution in [1.82, 2.24) is 4.90 Å². The monoisotopic (exact) mass is 295 g/mol. The molecule has 3 nitrogen and oxygen atoms in total. The Morgan fingerprint density at radius 2 is 1.79 bits per heavy atom. The van der Waals surface area contributed by atoms with Crippen molar-refractivity contribution in [2.45, 2.75) is 17.9 Å². The van der Waals surface area contributed by atoms with Gasteiger partial charge in [-0.15, -0.1) is 0 Å². The number of hydrogen-bond acceptors (Lipinski definition) is 3. The van der Waals surface area contributed by atoms with Gasteiger partial charge in [0.05, 0.1) is 0 Å². The lowest BCUT2D eigenvalue weighted by molar-refractivity contribution is -0.219. The van der Waals surface area contributed by atoms with E-state index in [4.69, 9.17) is 16.7 Å². The Hall–Kier alpha value is -0.820. The van der Waals surface area contributed by atoms with Crippen LogP contribution in [0.2, 0.25) is 5.02 Å². The van der Waals surface area contributed by atoms with E-state index in [0.29, 0.717) is 10.6 Å². The molecule has 0 saturated carbocycles. The van der Waals surface area contributed by atoms with Gasteiger partial charge in [-0.2, -0.15) is 13.2 Å². The molecular formula is C12H13ClF3NO2. The first kappa shape index (κ1) is 14.6. The molecule has 1 saturated heterocycles. The summed E-state index contributed by atoms with van der Waals surface area (Å²) in [5, 5.41) is 19.7. The molecule has 1 heterocycles. The number of aliphatic hydroxyl groups is 2. The molecule has 0 unspecified atom stereocenters. The van der Waals surface area contributed by atoms with Crippen LogP contribution in [0.15, 0.2) is 24.3 Å². The number of alkyl halides is 3. The Bertz CT molecular complexity index is 443. The van der Waals surface area contributed by atoms with E-state index in [1.807, 2.05) is 0 Å². The van der Waals surface area contributed by atoms with E-state index in [1.165, 1.54) is 4.90 Å². The fraction of sp³-hybridized carbons (Fsp3) is 0.500. The molecule has 106 valence electrons. The molecular weight excluding hydrogens is 283 g/mol. The normalized spacial score (nSPS) is 20.9. The molecule has 19 heavy (non-hydrogen) atoms. The smallest absolute Gasteiger partial charge is 0.382 e. The third-order valence-corrected chi connectivity index (χ3v) is 3.41. The molecule has 1 atom stereocenters. The van der Waals surface area contributed by atoms with Gasteiger partial charge >= 0.3 is 6.18 Å². The Kier molecular flexibility index (Phi) is 3.79. The number of likely N-dealkylation sites (tertiary alicyclic amines) is 1. The highest BCUT2D eigenvalue weighted by Gasteiger charge is 2.46. The van der Waals surface area contributed by atoms with Crippen LogP contribution < -0.4 is 0 Å². The minimum Gasteiger partial charge on any atom is -0.382 e. The van der Waals surface area contributed by atoms with E-state index < -0.39 is 24.4 Å². The zero-order valence-electron chi connectivity index (χ0n) is 9.86. The first-order valence-electron chi connectivity index (χ1n) is 5.66. The van der Waals surface area contributed by atoms with Crippen LogP contribution in [0.5, 0.6) is 0 Å². The van der Waals surface area contributed by atoms with Gasteiger partial charge in [-0.1, -0.05) is 23.7 Å². The Morgan fingerprint density at radius 3 is 2.26 bits per heavy atom. The van der Waals surface area contributed by atoms with Crippen molar-refractivity contribution in [3.8, 4) is 0 Å². The number of rotatable bonds is 3. The lowest BCUT2D eigenvalue weighted by Crippen LogP contribution is -2.61. The van der Waals surface area contributed by atoms with E-state index in [0.717, 1.165) is 0 Å². The summed E-state index contributed by atoms with van der Waals surface area (Å²) in [5.74, 6) is 0. The van der Waals surface area contributed by atoms with Crippen molar-refractivity contribution in [3.05, 3.63) is 34.9 Å². The molecule has 0 amide bonds. The number of hydrogen-bond donors (Lipinski definition) is 2. The highest BCUT2D eigenvalue weighted by atomic mass is 35.5. The van der Waals surface area contributed by atoms with Gasteiger partial charge in [-0.05, 0) is 17.7 Å². The van der Waals surface area contributed by atoms with Gasteiger partial charge < -0.3 is 10.2 Å². The minimum absolute atomic E-state index is 0.0573. The van der Waals surface area contributed by atoms with E-state index in [1.54, 1.807) is 24.3 Å². The highest BCUT2D eigenvalue weighted by molar-refractivity contribution is 6.30. The SMILES string of the molecule is O[C@H](CN1CC(O)(c2ccc(Cl)cc2)C1)C(F)(F)F. The summed E-state index contributed by atoms with van der Waals surface area (Å²) in [7, 11) is 0. The number of halogens is 4. The number of aliphatic hydroxyl groups excluding tert-OH is 1. The predicted octanol–water partition coefficient (Wildman–Crippen LogP) is 1.77. The maximum atomic E-state index is 12.2. The zero-order chi connectivity index (χ0) is 14.3. The van der Waals surface area contributed by atoms with Gasteiger partial charge in [0.25, 0.3) is 0 Å². The third-order valence-electron chi connectivity index (χ3n) is 3.16. The van der Waals surface area contributed by atoms with Crippen LogP contribution in [0.3, 0.4) is 0 Å². The van der Waals surface area contributed by atoms with Crippen molar-refractivity contribution >= 4 is 11.6 Å². The highest BCUT2D eigenvalue weighted by Crippen LogP contribution is 2.33. The van der Waals surface area contributed by atoms with E-state index in [-0.39, 0.29) is 13.1 Å². The maximum Gasteiger partial charge on any atom is 0.415 e. The van der Waals surface area contributed by atoms with Crippen LogP contribution in [-0.2, 0) is 5.60 Å². The second-order valence-electron chi connectivity index (χ2n) is 4.77. The second-order valence-corrected chi connectivity index (χ2v) is 5.20. The maximum absolute atomic E-state index is 12.2. The molecule has 7 heteroatoms. The predicted molar refractivity (Wildman–Crippen MR) is 63.9 cm³/mol. The summed E-state index contributed by atoms with van der Waals surface area (Å²) in [4.78, 5) is 1.35. The summed E-state index contributed by atoms with van der Waals surface area (Å²) in [6.45, 7) is -0.414. The lowest BCUT2D eigenvalue weighted by atomic mass is 9.86. The third kappa shape index (κ3) is 3.20. The van der Waals surface area contributed by atoms with Gasteiger partial charge in [0.2, 0.25) is 0 Å². The van der Waals surface area contributed by atoms with Gasteiger partial charge in [0, 0.05) is 24.7 Å². The average Bonchev–Trinajstić information content (AvgIpc) is 2.26. The summed E-state index contributed by atoms with van der Waals surface area (Å²) >= 11 is 5.72. The van der Waals surface area contributed by atoms with Crippen LogP contribution in [0.4, 0.5) is 13.2 Å². The minimum atomic E-state index is -4.63. The van der Waals surface area contributed by atoms with Crippen molar-refractivity contribution < 1.29 is 23.4 Å². The van der Waals surface area contributed by atoms with Crippen molar-refractivity contribution in [2.24, 2.45) is 0 Å². The Balaban J connectivity index is 1.93. The molecule has 0 aliphatic carbocycles. The van der Waals surface area contributed by atoms with Crippen molar-refractivity contribution in [2.75, 3.05) is 19.6 Å². The molecule has 1 aliphatic heterocycles. The topological polar surface area (TPSA) is 43.7 Å². The van der Waals surface area contributed by atoms with Gasteiger partial charge in [0.1, 0.15) is 5.60 Å². The first-order valence-corrected chi connectivity index (χ1v) is 6.04. The number of β-amino-alcohol motifs (C(OH)–C–C–N with tert-alkyl or cyclic N) is 2. The van der Waals surface area contributed by atoms with Crippen molar-refractivity contribution in [1.29, 1.82) is 0 Å². The Morgan fingerprint density at radius 1 is 1.26 bits per heavy atom. The fourth-order valence-corrected chi connectivity index (χ4v) is 2.24. The summed E-state index contributed by atoms with van der Waals surface area (Å²) in [6, 6.07) is 6.50. The molecule has 2 N–H and O–H groups in total. The van der Waals surface area contributed by atoms with Crippen LogP contribution in [-0.4, -0.2) is 47.0 Å². The second kappa shape index (κ2) is 4.94. The lowest BCUT2D eigenvalue weighted by Gasteiger charge is -2.47. The van der Waals surface area contributed by atoms with Gasteiger partial charge in [-0.3, -0.25) is 4.90 Å². The summed E-state index contributed by atoms with van der Waals surface area (Å²) in [5.41, 5.74) is -0.565. The molecule has 0 bridgehead atoms. The standard InChI is InChI=1S/C12H13ClF3NO2/c13-9-3-1-8(2-4-9)11(19)6-17(7-11)5-10(18)12(14,15)16/h1-4,10,18-19H,5-7H2/t10-/m1/s1. The summed E-state index contributed by atoms with van der Waals surface area (Å²) in [6.07, 6.45) is -7.02. The molecule has 1 aliphatic rings. The van der Waals surface area contributed by atoms with Crippen LogP contribution in [0, 0.1) is 0 Å². The quantitative estimate of drug-likeness (QED) is 0.893.